The Morgan fingerprint density at radius 3 is 2.65 bits per heavy atom. The van der Waals surface area contributed by atoms with E-state index in [1.165, 1.54) is 0 Å². The standard InChI is InChI=1S/C22H25F3N6O2S/c1-29(2)11-12-31-19(33)16-18(28-20(31)22(23,24)25)34-21(27-16)30-10-6-9-15(30)17(32)26-13-14-7-4-3-5-8-14/h3-5,7-8,15H,6,9-13H2,1-2H3,(H,26,32)/t15-/m1/s1. The third-order valence-corrected chi connectivity index (χ3v) is 6.63. The van der Waals surface area contributed by atoms with Gasteiger partial charge >= 0.3 is 6.18 Å². The first kappa shape index (κ1) is 24.1. The zero-order valence-corrected chi connectivity index (χ0v) is 19.6. The fraction of sp³-hybridized carbons (Fsp3) is 0.455. The van der Waals surface area contributed by atoms with E-state index in [4.69, 9.17) is 0 Å². The lowest BCUT2D eigenvalue weighted by Crippen LogP contribution is -2.43. The number of nitrogens with one attached hydrogen (secondary N) is 1. The lowest BCUT2D eigenvalue weighted by molar-refractivity contribution is -0.148. The molecule has 4 rings (SSSR count). The van der Waals surface area contributed by atoms with Gasteiger partial charge in [-0.15, -0.1) is 0 Å². The molecule has 1 aliphatic rings. The van der Waals surface area contributed by atoms with Crippen molar-refractivity contribution in [2.24, 2.45) is 0 Å². The molecule has 3 aromatic rings. The molecule has 8 nitrogen and oxygen atoms in total. The highest BCUT2D eigenvalue weighted by Crippen LogP contribution is 2.34. The maximum Gasteiger partial charge on any atom is 0.449 e. The smallest absolute Gasteiger partial charge is 0.350 e. The number of hydrogen-bond acceptors (Lipinski definition) is 7. The molecular formula is C22H25F3N6O2S. The number of carbonyl (C=O) groups excluding carboxylic acids is 1. The number of carbonyl (C=O) groups is 1. The molecular weight excluding hydrogens is 469 g/mol. The molecule has 0 unspecified atom stereocenters. The number of fused-ring (bicyclic) bond motifs is 1. The summed E-state index contributed by atoms with van der Waals surface area (Å²) in [6, 6.07) is 8.97. The van der Waals surface area contributed by atoms with Crippen LogP contribution < -0.4 is 15.8 Å². The topological polar surface area (TPSA) is 83.4 Å². The van der Waals surface area contributed by atoms with Gasteiger partial charge in [-0.1, -0.05) is 41.7 Å². The van der Waals surface area contributed by atoms with Crippen molar-refractivity contribution in [1.29, 1.82) is 0 Å². The molecule has 34 heavy (non-hydrogen) atoms. The Kier molecular flexibility index (Phi) is 6.89. The summed E-state index contributed by atoms with van der Waals surface area (Å²) in [6.07, 6.45) is -3.46. The SMILES string of the molecule is CN(C)CCn1c(C(F)(F)F)nc2sc(N3CCC[C@@H]3C(=O)NCc3ccccc3)nc2c1=O. The van der Waals surface area contributed by atoms with Gasteiger partial charge in [0.15, 0.2) is 15.5 Å². The van der Waals surface area contributed by atoms with Crippen molar-refractivity contribution in [2.75, 3.05) is 32.1 Å². The van der Waals surface area contributed by atoms with Crippen molar-refractivity contribution in [1.82, 2.24) is 24.8 Å². The predicted molar refractivity (Wildman–Crippen MR) is 124 cm³/mol. The normalized spacial score (nSPS) is 16.5. The molecule has 1 aliphatic heterocycles. The molecule has 1 aromatic carbocycles. The number of hydrogen-bond donors (Lipinski definition) is 1. The van der Waals surface area contributed by atoms with Crippen molar-refractivity contribution < 1.29 is 18.0 Å². The molecule has 1 atom stereocenters. The Labute approximate surface area is 198 Å². The Hall–Kier alpha value is -2.99. The number of likely N-dealkylation sites (N-methyl/N-ethyl adjacent to an activating group) is 1. The van der Waals surface area contributed by atoms with Gasteiger partial charge in [0.25, 0.3) is 5.56 Å². The van der Waals surface area contributed by atoms with Crippen LogP contribution in [0.1, 0.15) is 24.2 Å². The van der Waals surface area contributed by atoms with Gasteiger partial charge in [0, 0.05) is 26.2 Å². The molecule has 0 aliphatic carbocycles. The largest absolute Gasteiger partial charge is 0.449 e. The van der Waals surface area contributed by atoms with Crippen molar-refractivity contribution in [3.8, 4) is 0 Å². The molecule has 0 saturated carbocycles. The van der Waals surface area contributed by atoms with Gasteiger partial charge in [0.1, 0.15) is 6.04 Å². The number of halogens is 3. The van der Waals surface area contributed by atoms with Gasteiger partial charge in [0.2, 0.25) is 11.7 Å². The van der Waals surface area contributed by atoms with Crippen molar-refractivity contribution in [3.63, 3.8) is 0 Å². The van der Waals surface area contributed by atoms with Crippen LogP contribution in [-0.4, -0.2) is 58.6 Å². The second-order valence-electron chi connectivity index (χ2n) is 8.40. The molecule has 2 aromatic heterocycles. The third kappa shape index (κ3) is 5.07. The minimum atomic E-state index is -4.78. The van der Waals surface area contributed by atoms with Crippen LogP contribution in [0.3, 0.4) is 0 Å². The fourth-order valence-corrected chi connectivity index (χ4v) is 4.92. The van der Waals surface area contributed by atoms with Crippen LogP contribution in [0.2, 0.25) is 0 Å². The highest BCUT2D eigenvalue weighted by Gasteiger charge is 2.39. The van der Waals surface area contributed by atoms with E-state index in [9.17, 15) is 22.8 Å². The molecule has 0 spiro atoms. The van der Waals surface area contributed by atoms with Gasteiger partial charge in [0.05, 0.1) is 0 Å². The summed E-state index contributed by atoms with van der Waals surface area (Å²) in [5, 5.41) is 3.24. The lowest BCUT2D eigenvalue weighted by atomic mass is 10.2. The molecule has 12 heteroatoms. The molecule has 0 radical (unpaired) electrons. The number of benzene rings is 1. The number of alkyl halides is 3. The minimum Gasteiger partial charge on any atom is -0.350 e. The molecule has 1 saturated heterocycles. The van der Waals surface area contributed by atoms with Gasteiger partial charge < -0.3 is 15.1 Å². The molecule has 182 valence electrons. The van der Waals surface area contributed by atoms with E-state index >= 15 is 0 Å². The van der Waals surface area contributed by atoms with Crippen molar-refractivity contribution in [3.05, 3.63) is 52.1 Å². The molecule has 0 bridgehead atoms. The number of aromatic nitrogens is 3. The monoisotopic (exact) mass is 494 g/mol. The van der Waals surface area contributed by atoms with Crippen LogP contribution >= 0.6 is 11.3 Å². The number of rotatable bonds is 7. The van der Waals surface area contributed by atoms with Crippen LogP contribution in [0.15, 0.2) is 35.1 Å². The maximum atomic E-state index is 13.7. The zero-order chi connectivity index (χ0) is 24.5. The first-order chi connectivity index (χ1) is 16.1. The van der Waals surface area contributed by atoms with Gasteiger partial charge in [-0.25, -0.2) is 9.97 Å². The summed E-state index contributed by atoms with van der Waals surface area (Å²) in [5.41, 5.74) is 0.0237. The highest BCUT2D eigenvalue weighted by atomic mass is 32.1. The van der Waals surface area contributed by atoms with E-state index < -0.39 is 23.6 Å². The quantitative estimate of drug-likeness (QED) is 0.544. The Morgan fingerprint density at radius 2 is 1.97 bits per heavy atom. The average Bonchev–Trinajstić information content (AvgIpc) is 3.44. The van der Waals surface area contributed by atoms with E-state index in [2.05, 4.69) is 15.3 Å². The molecule has 1 N–H and O–H groups in total. The molecule has 3 heterocycles. The van der Waals surface area contributed by atoms with Crippen molar-refractivity contribution >= 4 is 32.7 Å². The Bertz CT molecular complexity index is 1230. The first-order valence-electron chi connectivity index (χ1n) is 10.9. The Morgan fingerprint density at radius 1 is 1.24 bits per heavy atom. The molecule has 1 amide bonds. The van der Waals surface area contributed by atoms with E-state index in [0.29, 0.717) is 29.2 Å². The Balaban J connectivity index is 1.62. The molecule has 1 fully saturated rings. The van der Waals surface area contributed by atoms with E-state index in [1.807, 2.05) is 30.3 Å². The van der Waals surface area contributed by atoms with Crippen LogP contribution in [0, 0.1) is 0 Å². The highest BCUT2D eigenvalue weighted by molar-refractivity contribution is 7.21. The van der Waals surface area contributed by atoms with Gasteiger partial charge in [-0.3, -0.25) is 14.2 Å². The number of anilines is 1. The average molecular weight is 495 g/mol. The predicted octanol–water partition coefficient (Wildman–Crippen LogP) is 2.72. The van der Waals surface area contributed by atoms with Crippen LogP contribution in [-0.2, 0) is 24.1 Å². The second kappa shape index (κ2) is 9.71. The summed E-state index contributed by atoms with van der Waals surface area (Å²) in [6.45, 7) is 0.967. The van der Waals surface area contributed by atoms with Gasteiger partial charge in [-0.2, -0.15) is 13.2 Å². The van der Waals surface area contributed by atoms with E-state index in [1.54, 1.807) is 23.9 Å². The zero-order valence-electron chi connectivity index (χ0n) is 18.8. The van der Waals surface area contributed by atoms with Crippen LogP contribution in [0.5, 0.6) is 0 Å². The summed E-state index contributed by atoms with van der Waals surface area (Å²) in [5.74, 6) is -1.42. The van der Waals surface area contributed by atoms with Crippen LogP contribution in [0.25, 0.3) is 10.3 Å². The number of amides is 1. The lowest BCUT2D eigenvalue weighted by Gasteiger charge is -2.23. The summed E-state index contributed by atoms with van der Waals surface area (Å²) in [4.78, 5) is 37.3. The summed E-state index contributed by atoms with van der Waals surface area (Å²) in [7, 11) is 3.42. The van der Waals surface area contributed by atoms with Gasteiger partial charge in [-0.05, 0) is 32.5 Å². The summed E-state index contributed by atoms with van der Waals surface area (Å²) < 4.78 is 41.6. The second-order valence-corrected chi connectivity index (χ2v) is 9.35. The van der Waals surface area contributed by atoms with Crippen molar-refractivity contribution in [2.45, 2.75) is 38.1 Å². The van der Waals surface area contributed by atoms with E-state index in [0.717, 1.165) is 23.3 Å². The fourth-order valence-electron chi connectivity index (χ4n) is 3.91. The van der Waals surface area contributed by atoms with Crippen LogP contribution in [0.4, 0.5) is 18.3 Å². The summed E-state index contributed by atoms with van der Waals surface area (Å²) >= 11 is 0.908. The maximum absolute atomic E-state index is 13.7. The number of thiazole rings is 1. The van der Waals surface area contributed by atoms with E-state index in [-0.39, 0.29) is 29.3 Å². The first-order valence-corrected chi connectivity index (χ1v) is 11.7. The minimum absolute atomic E-state index is 0.0798. The number of nitrogens with zero attached hydrogens (tertiary/aromatic N) is 5. The third-order valence-electron chi connectivity index (χ3n) is 5.64.